The van der Waals surface area contributed by atoms with Crippen LogP contribution in [-0.2, 0) is 18.7 Å². The molecule has 0 saturated carbocycles. The van der Waals surface area contributed by atoms with Crippen LogP contribution in [0.25, 0.3) is 10.8 Å². The molecule has 2 aromatic carbocycles. The van der Waals surface area contributed by atoms with Crippen molar-refractivity contribution in [2.45, 2.75) is 53.5 Å². The van der Waals surface area contributed by atoms with Crippen molar-refractivity contribution in [1.82, 2.24) is 15.5 Å². The van der Waals surface area contributed by atoms with Gasteiger partial charge in [-0.2, -0.15) is 0 Å². The van der Waals surface area contributed by atoms with Crippen molar-refractivity contribution in [2.24, 2.45) is 17.8 Å². The van der Waals surface area contributed by atoms with Gasteiger partial charge in [0, 0.05) is 41.7 Å². The highest BCUT2D eigenvalue weighted by molar-refractivity contribution is 7.59. The Morgan fingerprint density at radius 1 is 1.00 bits per heavy atom. The zero-order chi connectivity index (χ0) is 31.4. The quantitative estimate of drug-likeness (QED) is 0.138. The summed E-state index contributed by atoms with van der Waals surface area (Å²) in [5, 5.41) is 17.2. The van der Waals surface area contributed by atoms with Gasteiger partial charge in [0.05, 0.1) is 16.9 Å². The Bertz CT molecular complexity index is 1420. The number of hydrogen-bond donors (Lipinski definition) is 2. The van der Waals surface area contributed by atoms with Gasteiger partial charge in [-0.1, -0.05) is 33.8 Å². The number of nitrogens with one attached hydrogen (secondary N) is 2. The third-order valence-electron chi connectivity index (χ3n) is 7.10. The predicted molar refractivity (Wildman–Crippen MR) is 158 cm³/mol. The van der Waals surface area contributed by atoms with Crippen LogP contribution in [0.15, 0.2) is 30.3 Å². The summed E-state index contributed by atoms with van der Waals surface area (Å²) in [6, 6.07) is 6.15. The van der Waals surface area contributed by atoms with Gasteiger partial charge in [-0.15, -0.1) is 0 Å². The van der Waals surface area contributed by atoms with Crippen molar-refractivity contribution in [1.29, 1.82) is 0 Å². The summed E-state index contributed by atoms with van der Waals surface area (Å²) in [6.07, 6.45) is -0.0823. The lowest BCUT2D eigenvalue weighted by Gasteiger charge is -2.32. The summed E-state index contributed by atoms with van der Waals surface area (Å²) in [4.78, 5) is 64.9. The Labute approximate surface area is 245 Å². The van der Waals surface area contributed by atoms with Crippen molar-refractivity contribution >= 4 is 47.5 Å². The summed E-state index contributed by atoms with van der Waals surface area (Å²) in [7, 11) is -2.34. The van der Waals surface area contributed by atoms with Crippen LogP contribution in [0.5, 0.6) is 0 Å². The molecule has 0 spiro atoms. The van der Waals surface area contributed by atoms with Crippen molar-refractivity contribution in [3.05, 3.63) is 51.6 Å². The Kier molecular flexibility index (Phi) is 10.6. The van der Waals surface area contributed by atoms with Gasteiger partial charge >= 0.3 is 0 Å². The Balaban J connectivity index is 1.95. The number of benzene rings is 2. The molecule has 0 radical (unpaired) electrons. The lowest BCUT2D eigenvalue weighted by molar-refractivity contribution is -0.383. The van der Waals surface area contributed by atoms with Crippen LogP contribution in [0, 0.1) is 27.9 Å². The molecule has 4 amide bonds. The SMILES string of the molecule is CCOP(=O)(CC(CC(C)C)C(=O)N[C@@H](CC(C)C)C(=O)NC)CN1C(=O)c2cccc3c([N+](=O)[O-])ccc(c23)C1=O. The highest BCUT2D eigenvalue weighted by Gasteiger charge is 2.41. The van der Waals surface area contributed by atoms with E-state index in [9.17, 15) is 33.9 Å². The average molecular weight is 603 g/mol. The molecule has 12 nitrogen and oxygen atoms in total. The number of nitro groups is 1. The standard InChI is InChI=1S/C29H39N4O8P/c1-7-41-42(40,15-19(13-17(2)3)26(34)31-23(14-18(4)5)27(35)30-6)16-32-28(36)21-10-8-9-20-24(33(38)39)12-11-22(25(20)21)29(32)37/h8-12,17-19,23H,7,13-16H2,1-6H3,(H,30,35)(H,31,34)/t19?,23-,42?/m0/s1. The second-order valence-corrected chi connectivity index (χ2v) is 13.9. The van der Waals surface area contributed by atoms with E-state index in [0.29, 0.717) is 12.8 Å². The Hall–Kier alpha value is -3.63. The maximum absolute atomic E-state index is 14.3. The lowest BCUT2D eigenvalue weighted by atomic mass is 9.93. The molecule has 3 atom stereocenters. The summed E-state index contributed by atoms with van der Waals surface area (Å²) in [6.45, 7) is 9.32. The van der Waals surface area contributed by atoms with Gasteiger partial charge in [0.25, 0.3) is 17.5 Å². The van der Waals surface area contributed by atoms with E-state index in [1.54, 1.807) is 6.92 Å². The number of non-ortho nitro benzene ring substituents is 1. The van der Waals surface area contributed by atoms with E-state index in [2.05, 4.69) is 10.6 Å². The van der Waals surface area contributed by atoms with Crippen LogP contribution in [0.1, 0.15) is 68.2 Å². The molecule has 0 fully saturated rings. The first kappa shape index (κ1) is 32.9. The van der Waals surface area contributed by atoms with Gasteiger partial charge in [0.1, 0.15) is 12.3 Å². The minimum absolute atomic E-state index is 0.0100. The van der Waals surface area contributed by atoms with Gasteiger partial charge in [0.15, 0.2) is 0 Å². The molecule has 42 heavy (non-hydrogen) atoms. The van der Waals surface area contributed by atoms with Crippen LogP contribution in [0.4, 0.5) is 5.69 Å². The fourth-order valence-electron chi connectivity index (χ4n) is 5.36. The first-order valence-corrected chi connectivity index (χ1v) is 16.0. The molecular formula is C29H39N4O8P. The minimum atomic E-state index is -3.83. The number of nitro benzene ring substituents is 1. The first-order valence-electron chi connectivity index (χ1n) is 14.0. The Morgan fingerprint density at radius 3 is 2.17 bits per heavy atom. The van der Waals surface area contributed by atoms with Gasteiger partial charge in [0.2, 0.25) is 19.2 Å². The van der Waals surface area contributed by atoms with Crippen molar-refractivity contribution in [3.8, 4) is 0 Å². The number of nitrogens with zero attached hydrogens (tertiary/aromatic N) is 2. The smallest absolute Gasteiger partial charge is 0.277 e. The molecule has 2 N–H and O–H groups in total. The van der Waals surface area contributed by atoms with Crippen molar-refractivity contribution in [3.63, 3.8) is 0 Å². The lowest BCUT2D eigenvalue weighted by Crippen LogP contribution is -2.49. The normalized spacial score (nSPS) is 16.0. The highest BCUT2D eigenvalue weighted by Crippen LogP contribution is 2.51. The highest BCUT2D eigenvalue weighted by atomic mass is 31.2. The molecule has 0 bridgehead atoms. The average Bonchev–Trinajstić information content (AvgIpc) is 2.92. The molecule has 13 heteroatoms. The minimum Gasteiger partial charge on any atom is -0.357 e. The van der Waals surface area contributed by atoms with E-state index in [1.807, 2.05) is 27.7 Å². The van der Waals surface area contributed by atoms with Crippen molar-refractivity contribution in [2.75, 3.05) is 26.1 Å². The van der Waals surface area contributed by atoms with Gasteiger partial charge < -0.3 is 15.2 Å². The molecule has 0 aromatic heterocycles. The summed E-state index contributed by atoms with van der Waals surface area (Å²) in [5.74, 6) is -2.98. The number of likely N-dealkylation sites (N-methyl/N-ethyl adjacent to an activating group) is 1. The second-order valence-electron chi connectivity index (χ2n) is 11.3. The summed E-state index contributed by atoms with van der Waals surface area (Å²) < 4.78 is 20.0. The van der Waals surface area contributed by atoms with Crippen LogP contribution >= 0.6 is 7.37 Å². The van der Waals surface area contributed by atoms with E-state index < -0.39 is 48.3 Å². The van der Waals surface area contributed by atoms with Gasteiger partial charge in [-0.25, -0.2) is 0 Å². The van der Waals surface area contributed by atoms with E-state index in [0.717, 1.165) is 4.90 Å². The van der Waals surface area contributed by atoms with E-state index in [4.69, 9.17) is 4.52 Å². The maximum Gasteiger partial charge on any atom is 0.277 e. The topological polar surface area (TPSA) is 165 Å². The van der Waals surface area contributed by atoms with E-state index >= 15 is 0 Å². The fraction of sp³-hybridized carbons (Fsp3) is 0.517. The maximum atomic E-state index is 14.3. The molecule has 3 rings (SSSR count). The molecule has 1 aliphatic rings. The number of carbonyl (C=O) groups is 4. The fourth-order valence-corrected chi connectivity index (χ4v) is 7.80. The number of amides is 4. The van der Waals surface area contributed by atoms with Crippen LogP contribution in [0.2, 0.25) is 0 Å². The molecule has 1 heterocycles. The van der Waals surface area contributed by atoms with E-state index in [-0.39, 0.29) is 58.1 Å². The zero-order valence-electron chi connectivity index (χ0n) is 24.8. The van der Waals surface area contributed by atoms with Gasteiger partial charge in [-0.05, 0) is 49.8 Å². The molecule has 228 valence electrons. The number of hydrogen-bond acceptors (Lipinski definition) is 8. The molecule has 1 aliphatic heterocycles. The predicted octanol–water partition coefficient (Wildman–Crippen LogP) is 4.56. The number of rotatable bonds is 14. The van der Waals surface area contributed by atoms with Crippen LogP contribution in [-0.4, -0.2) is 65.6 Å². The third-order valence-corrected chi connectivity index (χ3v) is 9.54. The third kappa shape index (κ3) is 7.22. The molecule has 0 aliphatic carbocycles. The molecular weight excluding hydrogens is 563 g/mol. The molecule has 2 aromatic rings. The first-order chi connectivity index (χ1) is 19.7. The molecule has 2 unspecified atom stereocenters. The molecule has 0 saturated heterocycles. The van der Waals surface area contributed by atoms with Crippen LogP contribution < -0.4 is 10.6 Å². The Morgan fingerprint density at radius 2 is 1.62 bits per heavy atom. The monoisotopic (exact) mass is 602 g/mol. The zero-order valence-corrected chi connectivity index (χ0v) is 25.7. The summed E-state index contributed by atoms with van der Waals surface area (Å²) in [5.41, 5.74) is -0.0837. The van der Waals surface area contributed by atoms with E-state index in [1.165, 1.54) is 37.4 Å². The second kappa shape index (κ2) is 13.6. The number of imide groups is 1. The summed E-state index contributed by atoms with van der Waals surface area (Å²) >= 11 is 0. The van der Waals surface area contributed by atoms with Gasteiger partial charge in [-0.3, -0.25) is 38.8 Å². The van der Waals surface area contributed by atoms with Crippen LogP contribution in [0.3, 0.4) is 0 Å². The largest absolute Gasteiger partial charge is 0.357 e. The van der Waals surface area contributed by atoms with Crippen molar-refractivity contribution < 1.29 is 33.2 Å². The number of carbonyl (C=O) groups excluding carboxylic acids is 4.